The number of nitrogens with one attached hydrogen (secondary N) is 1. The number of aromatic nitrogens is 2. The van der Waals surface area contributed by atoms with E-state index in [1.165, 1.54) is 11.1 Å². The molecular formula is C23H29N5O. The lowest BCUT2D eigenvalue weighted by molar-refractivity contribution is -0.00546. The zero-order chi connectivity index (χ0) is 20.2. The monoisotopic (exact) mass is 391 g/mol. The van der Waals surface area contributed by atoms with Gasteiger partial charge in [0, 0.05) is 31.9 Å². The van der Waals surface area contributed by atoms with Crippen molar-refractivity contribution in [3.63, 3.8) is 0 Å². The number of ether oxygens (including phenoxy) is 1. The van der Waals surface area contributed by atoms with Crippen molar-refractivity contribution >= 4 is 17.7 Å². The molecule has 3 heterocycles. The first-order valence-electron chi connectivity index (χ1n) is 10.5. The van der Waals surface area contributed by atoms with Crippen molar-refractivity contribution in [3.8, 4) is 0 Å². The summed E-state index contributed by atoms with van der Waals surface area (Å²) in [7, 11) is 0. The molecule has 6 heteroatoms. The average molecular weight is 392 g/mol. The molecular weight excluding hydrogens is 362 g/mol. The van der Waals surface area contributed by atoms with Crippen LogP contribution in [0.1, 0.15) is 45.2 Å². The van der Waals surface area contributed by atoms with Crippen molar-refractivity contribution in [3.05, 3.63) is 53.0 Å². The Hall–Kier alpha value is -2.60. The second-order valence-electron chi connectivity index (χ2n) is 8.02. The summed E-state index contributed by atoms with van der Waals surface area (Å²) in [4.78, 5) is 15.4. The van der Waals surface area contributed by atoms with Crippen LogP contribution in [0.25, 0.3) is 0 Å². The maximum atomic E-state index is 8.82. The summed E-state index contributed by atoms with van der Waals surface area (Å²) >= 11 is 0. The highest BCUT2D eigenvalue weighted by molar-refractivity contribution is 6.11. The molecule has 4 rings (SSSR count). The highest BCUT2D eigenvalue weighted by Crippen LogP contribution is 2.28. The molecule has 0 radical (unpaired) electrons. The summed E-state index contributed by atoms with van der Waals surface area (Å²) in [5.41, 5.74) is 4.77. The van der Waals surface area contributed by atoms with Gasteiger partial charge < -0.3 is 9.64 Å². The van der Waals surface area contributed by atoms with E-state index >= 15 is 0 Å². The summed E-state index contributed by atoms with van der Waals surface area (Å²) < 4.78 is 5.84. The van der Waals surface area contributed by atoms with E-state index in [9.17, 15) is 0 Å². The Balaban J connectivity index is 1.58. The number of nitrogens with zero attached hydrogens (tertiary/aromatic N) is 4. The van der Waals surface area contributed by atoms with Crippen molar-refractivity contribution in [2.45, 2.75) is 51.7 Å². The Bertz CT molecular complexity index is 888. The number of hydrogen-bond donors (Lipinski definition) is 1. The van der Waals surface area contributed by atoms with Gasteiger partial charge in [-0.25, -0.2) is 9.97 Å². The van der Waals surface area contributed by atoms with Gasteiger partial charge in [0.15, 0.2) is 0 Å². The van der Waals surface area contributed by atoms with Crippen LogP contribution in [0.3, 0.4) is 0 Å². The molecule has 3 aliphatic rings. The molecule has 1 fully saturated rings. The zero-order valence-corrected chi connectivity index (χ0v) is 17.3. The summed E-state index contributed by atoms with van der Waals surface area (Å²) in [6.45, 7) is 6.62. The first-order valence-corrected chi connectivity index (χ1v) is 10.5. The molecule has 152 valence electrons. The Labute approximate surface area is 172 Å². The van der Waals surface area contributed by atoms with E-state index < -0.39 is 0 Å². The number of dihydropyridines is 1. The van der Waals surface area contributed by atoms with Crippen molar-refractivity contribution in [1.82, 2.24) is 9.97 Å². The van der Waals surface area contributed by atoms with Gasteiger partial charge in [0.1, 0.15) is 12.1 Å². The van der Waals surface area contributed by atoms with E-state index in [0.717, 1.165) is 56.7 Å². The summed E-state index contributed by atoms with van der Waals surface area (Å²) in [5, 5.41) is 8.82. The van der Waals surface area contributed by atoms with Gasteiger partial charge in [-0.2, -0.15) is 0 Å². The number of anilines is 1. The van der Waals surface area contributed by atoms with Crippen LogP contribution >= 0.6 is 0 Å². The maximum Gasteiger partial charge on any atom is 0.132 e. The standard InChI is InChI=1S/C23H29N5O/c1-16-13-28(14-17(2)29-16)22-12-21(26-15-27-22)23(24)20-6-4-3-5-19(11-20)18-7-9-25-10-8-18/h6-7,9,11-12,15-17,24H,3-5,8,10,13-14H2,1-2H3/t16-,17+. The fraction of sp³-hybridized carbons (Fsp3) is 0.478. The van der Waals surface area contributed by atoms with Gasteiger partial charge in [-0.15, -0.1) is 0 Å². The molecule has 2 aliphatic heterocycles. The van der Waals surface area contributed by atoms with E-state index in [1.54, 1.807) is 6.33 Å². The number of morpholine rings is 1. The Morgan fingerprint density at radius 2 is 1.97 bits per heavy atom. The summed E-state index contributed by atoms with van der Waals surface area (Å²) in [6, 6.07) is 1.94. The highest BCUT2D eigenvalue weighted by Gasteiger charge is 2.24. The molecule has 2 atom stereocenters. The van der Waals surface area contributed by atoms with Crippen LogP contribution in [-0.4, -0.2) is 53.7 Å². The minimum absolute atomic E-state index is 0.166. The van der Waals surface area contributed by atoms with E-state index in [0.29, 0.717) is 11.4 Å². The van der Waals surface area contributed by atoms with Gasteiger partial charge in [0.25, 0.3) is 0 Å². The minimum atomic E-state index is 0.166. The van der Waals surface area contributed by atoms with Gasteiger partial charge >= 0.3 is 0 Å². The predicted octanol–water partition coefficient (Wildman–Crippen LogP) is 3.90. The smallest absolute Gasteiger partial charge is 0.132 e. The van der Waals surface area contributed by atoms with Crippen molar-refractivity contribution in [2.75, 3.05) is 24.5 Å². The molecule has 0 saturated carbocycles. The minimum Gasteiger partial charge on any atom is -0.372 e. The molecule has 29 heavy (non-hydrogen) atoms. The van der Waals surface area contributed by atoms with Crippen molar-refractivity contribution < 1.29 is 4.74 Å². The van der Waals surface area contributed by atoms with Crippen LogP contribution in [0.15, 0.2) is 52.3 Å². The fourth-order valence-electron chi connectivity index (χ4n) is 4.22. The Morgan fingerprint density at radius 3 is 2.72 bits per heavy atom. The molecule has 0 amide bonds. The molecule has 1 saturated heterocycles. The normalized spacial score (nSPS) is 25.0. The lowest BCUT2D eigenvalue weighted by Gasteiger charge is -2.36. The molecule has 0 spiro atoms. The molecule has 1 N–H and O–H groups in total. The van der Waals surface area contributed by atoms with Gasteiger partial charge in [-0.3, -0.25) is 10.4 Å². The second kappa shape index (κ2) is 8.82. The topological polar surface area (TPSA) is 74.5 Å². The first-order chi connectivity index (χ1) is 14.1. The third-order valence-corrected chi connectivity index (χ3v) is 5.59. The number of hydrogen-bond acceptors (Lipinski definition) is 6. The largest absolute Gasteiger partial charge is 0.372 e. The van der Waals surface area contributed by atoms with Crippen molar-refractivity contribution in [2.24, 2.45) is 4.99 Å². The number of rotatable bonds is 4. The molecule has 0 aromatic carbocycles. The summed E-state index contributed by atoms with van der Waals surface area (Å²) in [6.07, 6.45) is 14.4. The molecule has 1 aromatic heterocycles. The number of aliphatic imine (C=N–C) groups is 1. The maximum absolute atomic E-state index is 8.82. The van der Waals surface area contributed by atoms with Crippen LogP contribution in [0, 0.1) is 5.41 Å². The third-order valence-electron chi connectivity index (χ3n) is 5.59. The van der Waals surface area contributed by atoms with E-state index in [2.05, 4.69) is 51.9 Å². The van der Waals surface area contributed by atoms with Gasteiger partial charge in [-0.05, 0) is 68.4 Å². The average Bonchev–Trinajstić information content (AvgIpc) is 3.00. The lowest BCUT2D eigenvalue weighted by Crippen LogP contribution is -2.45. The van der Waals surface area contributed by atoms with Gasteiger partial charge in [-0.1, -0.05) is 6.08 Å². The van der Waals surface area contributed by atoms with Crippen LogP contribution in [0.4, 0.5) is 5.82 Å². The van der Waals surface area contributed by atoms with Gasteiger partial charge in [0.2, 0.25) is 0 Å². The van der Waals surface area contributed by atoms with E-state index in [4.69, 9.17) is 10.1 Å². The van der Waals surface area contributed by atoms with E-state index in [1.807, 2.05) is 12.3 Å². The van der Waals surface area contributed by atoms with Crippen LogP contribution in [0.5, 0.6) is 0 Å². The summed E-state index contributed by atoms with van der Waals surface area (Å²) in [5.74, 6) is 0.867. The molecule has 6 nitrogen and oxygen atoms in total. The Morgan fingerprint density at radius 1 is 1.14 bits per heavy atom. The third kappa shape index (κ3) is 4.70. The van der Waals surface area contributed by atoms with E-state index in [-0.39, 0.29) is 12.2 Å². The predicted molar refractivity (Wildman–Crippen MR) is 117 cm³/mol. The fourth-order valence-corrected chi connectivity index (χ4v) is 4.22. The zero-order valence-electron chi connectivity index (χ0n) is 17.3. The van der Waals surface area contributed by atoms with Crippen LogP contribution in [-0.2, 0) is 4.74 Å². The van der Waals surface area contributed by atoms with Gasteiger partial charge in [0.05, 0.1) is 23.6 Å². The van der Waals surface area contributed by atoms with Crippen LogP contribution < -0.4 is 4.90 Å². The first kappa shape index (κ1) is 19.7. The quantitative estimate of drug-likeness (QED) is 0.790. The molecule has 0 bridgehead atoms. The number of allylic oxidation sites excluding steroid dienone is 5. The van der Waals surface area contributed by atoms with Crippen molar-refractivity contribution in [1.29, 1.82) is 5.41 Å². The molecule has 0 unspecified atom stereocenters. The lowest BCUT2D eigenvalue weighted by atomic mass is 9.95. The molecule has 1 aromatic rings. The Kier molecular flexibility index (Phi) is 6.00. The SMILES string of the molecule is C[C@@H]1CN(c2cc(C(=N)C3=CCCCC(C4=CC=NCC4)=C3)ncn2)C[C@H](C)O1. The molecule has 1 aliphatic carbocycles. The highest BCUT2D eigenvalue weighted by atomic mass is 16.5. The second-order valence-corrected chi connectivity index (χ2v) is 8.02. The van der Waals surface area contributed by atoms with Crippen LogP contribution in [0.2, 0.25) is 0 Å².